The Hall–Kier alpha value is -1.82. The molecule has 0 aromatic heterocycles. The number of carbonyl (C=O) groups excluding carboxylic acids is 1. The number of aliphatic hydroxyl groups excluding tert-OH is 1. The highest BCUT2D eigenvalue weighted by atomic mass is 19.1. The molecule has 0 fully saturated rings. The maximum atomic E-state index is 13.2. The van der Waals surface area contributed by atoms with Crippen LogP contribution in [0.1, 0.15) is 10.4 Å². The first-order valence-electron chi connectivity index (χ1n) is 4.98. The van der Waals surface area contributed by atoms with Crippen molar-refractivity contribution in [2.45, 2.75) is 6.10 Å². The molecule has 5 nitrogen and oxygen atoms in total. The molecule has 0 saturated carbocycles. The van der Waals surface area contributed by atoms with E-state index in [2.05, 4.69) is 4.74 Å². The molecule has 1 aromatic carbocycles. The summed E-state index contributed by atoms with van der Waals surface area (Å²) in [4.78, 5) is 11.4. The molecule has 1 aliphatic rings. The number of halogens is 1. The fourth-order valence-corrected chi connectivity index (χ4v) is 1.53. The van der Waals surface area contributed by atoms with Crippen LogP contribution in [-0.2, 0) is 4.74 Å². The van der Waals surface area contributed by atoms with E-state index >= 15 is 0 Å². The number of methoxy groups -OCH3 is 1. The summed E-state index contributed by atoms with van der Waals surface area (Å²) in [6.07, 6.45) is -0.573. The van der Waals surface area contributed by atoms with E-state index in [0.717, 1.165) is 12.1 Å². The van der Waals surface area contributed by atoms with Crippen molar-refractivity contribution in [2.24, 2.45) is 0 Å². The van der Waals surface area contributed by atoms with E-state index in [4.69, 9.17) is 14.6 Å². The summed E-state index contributed by atoms with van der Waals surface area (Å²) in [5.74, 6) is -1.10. The van der Waals surface area contributed by atoms with Gasteiger partial charge in [-0.3, -0.25) is 0 Å². The number of hydrogen-bond donors (Lipinski definition) is 1. The van der Waals surface area contributed by atoms with Gasteiger partial charge in [-0.2, -0.15) is 0 Å². The molecular weight excluding hydrogens is 231 g/mol. The van der Waals surface area contributed by atoms with E-state index in [1.54, 1.807) is 0 Å². The van der Waals surface area contributed by atoms with Crippen LogP contribution in [0.4, 0.5) is 4.39 Å². The molecule has 0 spiro atoms. The summed E-state index contributed by atoms with van der Waals surface area (Å²) < 4.78 is 28.3. The second-order valence-corrected chi connectivity index (χ2v) is 3.51. The molecular formula is C11H11FO5. The number of esters is 1. The van der Waals surface area contributed by atoms with Crippen LogP contribution in [0.3, 0.4) is 0 Å². The Kier molecular flexibility index (Phi) is 3.14. The van der Waals surface area contributed by atoms with Crippen LogP contribution < -0.4 is 9.47 Å². The zero-order chi connectivity index (χ0) is 12.4. The van der Waals surface area contributed by atoms with Gasteiger partial charge in [-0.25, -0.2) is 9.18 Å². The third-order valence-corrected chi connectivity index (χ3v) is 2.34. The number of carbonyl (C=O) groups is 1. The predicted molar refractivity (Wildman–Crippen MR) is 54.7 cm³/mol. The number of fused-ring (bicyclic) bond motifs is 1. The van der Waals surface area contributed by atoms with E-state index < -0.39 is 17.9 Å². The van der Waals surface area contributed by atoms with Gasteiger partial charge in [-0.15, -0.1) is 0 Å². The van der Waals surface area contributed by atoms with Crippen molar-refractivity contribution in [1.82, 2.24) is 0 Å². The summed E-state index contributed by atoms with van der Waals surface area (Å²) >= 11 is 0. The van der Waals surface area contributed by atoms with Crippen LogP contribution in [0.5, 0.6) is 11.5 Å². The molecule has 0 saturated heterocycles. The molecule has 1 aliphatic heterocycles. The van der Waals surface area contributed by atoms with Gasteiger partial charge in [0.25, 0.3) is 0 Å². The van der Waals surface area contributed by atoms with Crippen LogP contribution in [0.25, 0.3) is 0 Å². The van der Waals surface area contributed by atoms with Crippen LogP contribution in [0.2, 0.25) is 0 Å². The number of rotatable bonds is 2. The molecule has 17 heavy (non-hydrogen) atoms. The zero-order valence-corrected chi connectivity index (χ0v) is 9.10. The van der Waals surface area contributed by atoms with Crippen molar-refractivity contribution < 1.29 is 28.5 Å². The molecule has 2 rings (SSSR count). The fraction of sp³-hybridized carbons (Fsp3) is 0.364. The maximum Gasteiger partial charge on any atom is 0.341 e. The Morgan fingerprint density at radius 1 is 1.65 bits per heavy atom. The van der Waals surface area contributed by atoms with E-state index in [1.165, 1.54) is 7.11 Å². The monoisotopic (exact) mass is 242 g/mol. The minimum absolute atomic E-state index is 0.0550. The minimum atomic E-state index is -0.720. The number of ether oxygens (including phenoxy) is 3. The molecule has 1 heterocycles. The quantitative estimate of drug-likeness (QED) is 0.775. The average molecular weight is 242 g/mol. The summed E-state index contributed by atoms with van der Waals surface area (Å²) in [5, 5.41) is 8.96. The van der Waals surface area contributed by atoms with Gasteiger partial charge in [-0.05, 0) is 6.07 Å². The first-order chi connectivity index (χ1) is 8.15. The lowest BCUT2D eigenvalue weighted by molar-refractivity contribution is 0.0403. The number of aliphatic hydroxyl groups is 1. The van der Waals surface area contributed by atoms with E-state index in [9.17, 15) is 9.18 Å². The highest BCUT2D eigenvalue weighted by molar-refractivity contribution is 5.93. The lowest BCUT2D eigenvalue weighted by Crippen LogP contribution is -2.33. The lowest BCUT2D eigenvalue weighted by Gasteiger charge is -2.26. The molecule has 0 radical (unpaired) electrons. The van der Waals surface area contributed by atoms with Crippen molar-refractivity contribution in [2.75, 3.05) is 20.3 Å². The van der Waals surface area contributed by atoms with Gasteiger partial charge in [0.15, 0.2) is 17.6 Å². The van der Waals surface area contributed by atoms with Crippen molar-refractivity contribution in [3.8, 4) is 11.5 Å². The summed E-state index contributed by atoms with van der Waals surface area (Å²) in [6.45, 7) is -0.148. The van der Waals surface area contributed by atoms with Crippen LogP contribution in [0.15, 0.2) is 12.1 Å². The van der Waals surface area contributed by atoms with E-state index in [0.29, 0.717) is 0 Å². The third-order valence-electron chi connectivity index (χ3n) is 2.34. The Bertz CT molecular complexity index is 446. The fourth-order valence-electron chi connectivity index (χ4n) is 1.53. The SMILES string of the molecule is COC(=O)c1cc(F)cc2c1OC(CO)CO2. The lowest BCUT2D eigenvalue weighted by atomic mass is 10.1. The average Bonchev–Trinajstić information content (AvgIpc) is 2.36. The molecule has 0 bridgehead atoms. The molecule has 1 aromatic rings. The van der Waals surface area contributed by atoms with Gasteiger partial charge in [0.1, 0.15) is 18.0 Å². The Balaban J connectivity index is 2.45. The third kappa shape index (κ3) is 2.16. The first kappa shape index (κ1) is 11.7. The smallest absolute Gasteiger partial charge is 0.341 e. The molecule has 6 heteroatoms. The van der Waals surface area contributed by atoms with Gasteiger partial charge in [0.2, 0.25) is 0 Å². The second-order valence-electron chi connectivity index (χ2n) is 3.51. The summed E-state index contributed by atoms with van der Waals surface area (Å²) in [7, 11) is 1.19. The minimum Gasteiger partial charge on any atom is -0.486 e. The predicted octanol–water partition coefficient (Wildman–Crippen LogP) is 0.744. The first-order valence-corrected chi connectivity index (χ1v) is 4.98. The van der Waals surface area contributed by atoms with Gasteiger partial charge in [0, 0.05) is 6.07 Å². The van der Waals surface area contributed by atoms with Gasteiger partial charge >= 0.3 is 5.97 Å². The van der Waals surface area contributed by atoms with Gasteiger partial charge in [0.05, 0.1) is 13.7 Å². The maximum absolute atomic E-state index is 13.2. The molecule has 92 valence electrons. The largest absolute Gasteiger partial charge is 0.486 e. The molecule has 1 atom stereocenters. The Morgan fingerprint density at radius 3 is 3.06 bits per heavy atom. The summed E-state index contributed by atoms with van der Waals surface area (Å²) in [5.41, 5.74) is -0.0550. The number of benzene rings is 1. The zero-order valence-electron chi connectivity index (χ0n) is 9.10. The van der Waals surface area contributed by atoms with Crippen LogP contribution in [0, 0.1) is 5.82 Å². The van der Waals surface area contributed by atoms with Gasteiger partial charge in [-0.1, -0.05) is 0 Å². The molecule has 0 amide bonds. The van der Waals surface area contributed by atoms with Crippen molar-refractivity contribution in [1.29, 1.82) is 0 Å². The summed E-state index contributed by atoms with van der Waals surface area (Å²) in [6, 6.07) is 2.13. The second kappa shape index (κ2) is 4.58. The number of hydrogen-bond acceptors (Lipinski definition) is 5. The highest BCUT2D eigenvalue weighted by Crippen LogP contribution is 2.36. The Labute approximate surface area is 96.7 Å². The van der Waals surface area contributed by atoms with E-state index in [-0.39, 0.29) is 30.3 Å². The van der Waals surface area contributed by atoms with Crippen LogP contribution >= 0.6 is 0 Å². The van der Waals surface area contributed by atoms with Crippen molar-refractivity contribution in [3.05, 3.63) is 23.5 Å². The highest BCUT2D eigenvalue weighted by Gasteiger charge is 2.27. The Morgan fingerprint density at radius 2 is 2.41 bits per heavy atom. The van der Waals surface area contributed by atoms with Gasteiger partial charge < -0.3 is 19.3 Å². The molecule has 0 aliphatic carbocycles. The normalized spacial score (nSPS) is 17.7. The van der Waals surface area contributed by atoms with Crippen molar-refractivity contribution in [3.63, 3.8) is 0 Å². The van der Waals surface area contributed by atoms with E-state index in [1.807, 2.05) is 0 Å². The van der Waals surface area contributed by atoms with Crippen LogP contribution in [-0.4, -0.2) is 37.5 Å². The van der Waals surface area contributed by atoms with Crippen molar-refractivity contribution >= 4 is 5.97 Å². The molecule has 1 unspecified atom stereocenters. The topological polar surface area (TPSA) is 65.0 Å². The molecule has 1 N–H and O–H groups in total. The standard InChI is InChI=1S/C11H11FO5/c1-15-11(14)8-2-6(12)3-9-10(8)17-7(4-13)5-16-9/h2-3,7,13H,4-5H2,1H3.